The summed E-state index contributed by atoms with van der Waals surface area (Å²) in [5.74, 6) is -0.333. The van der Waals surface area contributed by atoms with Crippen molar-refractivity contribution in [1.82, 2.24) is 25.2 Å². The first-order chi connectivity index (χ1) is 12.5. The maximum absolute atomic E-state index is 13.1. The molecule has 1 fully saturated rings. The van der Waals surface area contributed by atoms with E-state index in [0.29, 0.717) is 24.6 Å². The third-order valence-corrected chi connectivity index (χ3v) is 5.79. The van der Waals surface area contributed by atoms with Crippen molar-refractivity contribution in [2.24, 2.45) is 0 Å². The van der Waals surface area contributed by atoms with Gasteiger partial charge in [-0.1, -0.05) is 11.3 Å². The number of fused-ring (bicyclic) bond motifs is 3. The number of thiophene rings is 1. The minimum absolute atomic E-state index is 0.0390. The van der Waals surface area contributed by atoms with Crippen LogP contribution < -0.4 is 5.32 Å². The van der Waals surface area contributed by atoms with Gasteiger partial charge in [0.25, 0.3) is 5.91 Å². The van der Waals surface area contributed by atoms with Crippen LogP contribution in [0, 0.1) is 0 Å². The SMILES string of the molecule is CC(C)(NC(=O)c1cccs1)C(=O)N1CC[C@@H]2OCc3cnnn3[C@H]2C1. The molecule has 0 aliphatic carbocycles. The van der Waals surface area contributed by atoms with Gasteiger partial charge in [-0.15, -0.1) is 16.4 Å². The van der Waals surface area contributed by atoms with Gasteiger partial charge in [0, 0.05) is 13.1 Å². The number of likely N-dealkylation sites (tertiary alicyclic amines) is 1. The van der Waals surface area contributed by atoms with Crippen molar-refractivity contribution in [3.05, 3.63) is 34.3 Å². The fraction of sp³-hybridized carbons (Fsp3) is 0.529. The number of rotatable bonds is 3. The Morgan fingerprint density at radius 1 is 1.42 bits per heavy atom. The Morgan fingerprint density at radius 2 is 2.27 bits per heavy atom. The van der Waals surface area contributed by atoms with Crippen molar-refractivity contribution in [2.45, 2.75) is 44.6 Å². The summed E-state index contributed by atoms with van der Waals surface area (Å²) in [4.78, 5) is 27.8. The summed E-state index contributed by atoms with van der Waals surface area (Å²) in [6, 6.07) is 3.53. The zero-order valence-corrected chi connectivity index (χ0v) is 15.5. The lowest BCUT2D eigenvalue weighted by atomic mass is 9.96. The Kier molecular flexibility index (Phi) is 4.28. The third kappa shape index (κ3) is 3.01. The molecule has 1 saturated heterocycles. The second-order valence-electron chi connectivity index (χ2n) is 7.18. The first-order valence-electron chi connectivity index (χ1n) is 8.62. The summed E-state index contributed by atoms with van der Waals surface area (Å²) in [5.41, 5.74) is -0.0694. The standard InChI is InChI=1S/C17H21N5O3S/c1-17(2,19-15(23)14-4-3-7-26-14)16(24)21-6-5-13-12(9-21)22-11(10-25-13)8-18-20-22/h3-4,7-8,12-13H,5-6,9-10H2,1-2H3,(H,19,23)/t12-,13-/m0/s1. The van der Waals surface area contributed by atoms with Crippen LogP contribution in [0.5, 0.6) is 0 Å². The highest BCUT2D eigenvalue weighted by Gasteiger charge is 2.41. The van der Waals surface area contributed by atoms with Crippen molar-refractivity contribution in [3.63, 3.8) is 0 Å². The van der Waals surface area contributed by atoms with Gasteiger partial charge in [-0.3, -0.25) is 9.59 Å². The van der Waals surface area contributed by atoms with E-state index in [1.165, 1.54) is 11.3 Å². The molecule has 8 nitrogen and oxygen atoms in total. The molecule has 2 atom stereocenters. The van der Waals surface area contributed by atoms with E-state index in [0.717, 1.165) is 12.1 Å². The van der Waals surface area contributed by atoms with Crippen molar-refractivity contribution < 1.29 is 14.3 Å². The average molecular weight is 375 g/mol. The number of aromatic nitrogens is 3. The number of piperidine rings is 1. The lowest BCUT2D eigenvalue weighted by Gasteiger charge is -2.43. The molecule has 0 bridgehead atoms. The average Bonchev–Trinajstić information content (AvgIpc) is 3.31. The molecule has 0 aromatic carbocycles. The van der Waals surface area contributed by atoms with Gasteiger partial charge in [0.1, 0.15) is 5.54 Å². The lowest BCUT2D eigenvalue weighted by Crippen LogP contribution is -2.59. The molecule has 4 rings (SSSR count). The van der Waals surface area contributed by atoms with Crippen LogP contribution in [0.1, 0.15) is 41.7 Å². The molecule has 4 heterocycles. The summed E-state index contributed by atoms with van der Waals surface area (Å²) in [7, 11) is 0. The number of hydrogen-bond acceptors (Lipinski definition) is 6. The van der Waals surface area contributed by atoms with E-state index in [1.807, 2.05) is 16.1 Å². The van der Waals surface area contributed by atoms with Crippen LogP contribution in [0.25, 0.3) is 0 Å². The van der Waals surface area contributed by atoms with Gasteiger partial charge in [-0.2, -0.15) is 0 Å². The van der Waals surface area contributed by atoms with E-state index in [1.54, 1.807) is 31.0 Å². The monoisotopic (exact) mass is 375 g/mol. The molecule has 0 saturated carbocycles. The van der Waals surface area contributed by atoms with Crippen LogP contribution in [0.15, 0.2) is 23.7 Å². The Labute approximate surface area is 155 Å². The van der Waals surface area contributed by atoms with Crippen LogP contribution in [-0.4, -0.2) is 56.4 Å². The first-order valence-corrected chi connectivity index (χ1v) is 9.50. The van der Waals surface area contributed by atoms with Crippen molar-refractivity contribution in [3.8, 4) is 0 Å². The molecule has 2 aliphatic heterocycles. The highest BCUT2D eigenvalue weighted by Crippen LogP contribution is 2.31. The molecule has 0 spiro atoms. The summed E-state index contributed by atoms with van der Waals surface area (Å²) in [6.45, 7) is 5.08. The number of hydrogen-bond donors (Lipinski definition) is 1. The van der Waals surface area contributed by atoms with Crippen LogP contribution >= 0.6 is 11.3 Å². The molecule has 2 aliphatic rings. The Morgan fingerprint density at radius 3 is 3.04 bits per heavy atom. The molecule has 26 heavy (non-hydrogen) atoms. The van der Waals surface area contributed by atoms with Gasteiger partial charge >= 0.3 is 0 Å². The zero-order chi connectivity index (χ0) is 18.3. The number of carbonyl (C=O) groups excluding carboxylic acids is 2. The number of carbonyl (C=O) groups is 2. The van der Waals surface area contributed by atoms with Crippen molar-refractivity contribution in [2.75, 3.05) is 13.1 Å². The van der Waals surface area contributed by atoms with Crippen molar-refractivity contribution >= 4 is 23.2 Å². The molecule has 2 aromatic rings. The van der Waals surface area contributed by atoms with E-state index in [4.69, 9.17) is 4.74 Å². The molecule has 0 unspecified atom stereocenters. The van der Waals surface area contributed by atoms with Crippen LogP contribution in [0.4, 0.5) is 0 Å². The molecule has 2 amide bonds. The van der Waals surface area contributed by atoms with E-state index in [2.05, 4.69) is 15.6 Å². The highest BCUT2D eigenvalue weighted by molar-refractivity contribution is 7.12. The number of ether oxygens (including phenoxy) is 1. The molecule has 1 N–H and O–H groups in total. The fourth-order valence-corrected chi connectivity index (χ4v) is 4.18. The van der Waals surface area contributed by atoms with Gasteiger partial charge in [-0.05, 0) is 31.7 Å². The summed E-state index contributed by atoms with van der Waals surface area (Å²) >= 11 is 1.36. The largest absolute Gasteiger partial charge is 0.370 e. The fourth-order valence-electron chi connectivity index (χ4n) is 3.57. The van der Waals surface area contributed by atoms with E-state index >= 15 is 0 Å². The van der Waals surface area contributed by atoms with Crippen LogP contribution in [0.3, 0.4) is 0 Å². The first kappa shape index (κ1) is 17.2. The molecular weight excluding hydrogens is 354 g/mol. The predicted molar refractivity (Wildman–Crippen MR) is 94.7 cm³/mol. The third-order valence-electron chi connectivity index (χ3n) is 4.92. The topological polar surface area (TPSA) is 89.3 Å². The molecule has 9 heteroatoms. The van der Waals surface area contributed by atoms with E-state index < -0.39 is 5.54 Å². The maximum atomic E-state index is 13.1. The van der Waals surface area contributed by atoms with E-state index in [-0.39, 0.29) is 24.0 Å². The van der Waals surface area contributed by atoms with Crippen LogP contribution in [0.2, 0.25) is 0 Å². The summed E-state index contributed by atoms with van der Waals surface area (Å²) in [6.07, 6.45) is 2.48. The molecule has 138 valence electrons. The van der Waals surface area contributed by atoms with Crippen LogP contribution in [-0.2, 0) is 16.1 Å². The zero-order valence-electron chi connectivity index (χ0n) is 14.7. The Balaban J connectivity index is 1.47. The lowest BCUT2D eigenvalue weighted by molar-refractivity contribution is -0.143. The maximum Gasteiger partial charge on any atom is 0.262 e. The minimum atomic E-state index is -0.991. The Bertz CT molecular complexity index is 816. The summed E-state index contributed by atoms with van der Waals surface area (Å²) in [5, 5.41) is 12.8. The van der Waals surface area contributed by atoms with Gasteiger partial charge in [0.15, 0.2) is 0 Å². The second-order valence-corrected chi connectivity index (χ2v) is 8.13. The van der Waals surface area contributed by atoms with Crippen molar-refractivity contribution in [1.29, 1.82) is 0 Å². The second kappa shape index (κ2) is 6.48. The smallest absolute Gasteiger partial charge is 0.262 e. The highest BCUT2D eigenvalue weighted by atomic mass is 32.1. The van der Waals surface area contributed by atoms with Gasteiger partial charge in [0.05, 0.1) is 35.5 Å². The predicted octanol–water partition coefficient (Wildman–Crippen LogP) is 1.22. The molecule has 0 radical (unpaired) electrons. The van der Waals surface area contributed by atoms with Gasteiger partial charge in [0.2, 0.25) is 5.91 Å². The number of amides is 2. The van der Waals surface area contributed by atoms with Gasteiger partial charge in [-0.25, -0.2) is 4.68 Å². The molecule has 2 aromatic heterocycles. The minimum Gasteiger partial charge on any atom is -0.370 e. The number of nitrogens with zero attached hydrogens (tertiary/aromatic N) is 4. The quantitative estimate of drug-likeness (QED) is 0.871. The normalized spacial score (nSPS) is 22.5. The van der Waals surface area contributed by atoms with Gasteiger partial charge < -0.3 is 15.0 Å². The summed E-state index contributed by atoms with van der Waals surface area (Å²) < 4.78 is 7.75. The number of nitrogens with one attached hydrogen (secondary N) is 1. The molecular formula is C17H21N5O3S. The van der Waals surface area contributed by atoms with E-state index in [9.17, 15) is 9.59 Å². The Hall–Kier alpha value is -2.26.